The molecular formula is C14H21F3N2S. The van der Waals surface area contributed by atoms with Crippen molar-refractivity contribution >= 4 is 11.3 Å². The lowest BCUT2D eigenvalue weighted by molar-refractivity contribution is -0.137. The van der Waals surface area contributed by atoms with Crippen LogP contribution in [-0.4, -0.2) is 4.98 Å². The van der Waals surface area contributed by atoms with E-state index in [0.717, 1.165) is 6.42 Å². The number of rotatable bonds is 1. The van der Waals surface area contributed by atoms with Crippen molar-refractivity contribution in [3.63, 3.8) is 0 Å². The summed E-state index contributed by atoms with van der Waals surface area (Å²) in [5, 5.41) is -0.807. The quantitative estimate of drug-likeness (QED) is 0.826. The number of nitrogens with two attached hydrogens (primary N) is 1. The van der Waals surface area contributed by atoms with Gasteiger partial charge in [-0.05, 0) is 30.1 Å². The highest BCUT2D eigenvalue weighted by Gasteiger charge is 2.48. The van der Waals surface area contributed by atoms with E-state index in [2.05, 4.69) is 32.7 Å². The number of hydrogen-bond acceptors (Lipinski definition) is 3. The molecule has 1 heterocycles. The van der Waals surface area contributed by atoms with Gasteiger partial charge in [-0.1, -0.05) is 27.7 Å². The van der Waals surface area contributed by atoms with Gasteiger partial charge in [-0.3, -0.25) is 0 Å². The first kappa shape index (κ1) is 15.8. The van der Waals surface area contributed by atoms with Crippen LogP contribution in [0.3, 0.4) is 0 Å². The summed E-state index contributed by atoms with van der Waals surface area (Å²) in [4.78, 5) is 4.06. The van der Waals surface area contributed by atoms with Crippen LogP contribution < -0.4 is 5.73 Å². The maximum absolute atomic E-state index is 12.7. The van der Waals surface area contributed by atoms with E-state index >= 15 is 0 Å². The number of alkyl halides is 3. The fourth-order valence-electron chi connectivity index (χ4n) is 4.00. The predicted octanol–water partition coefficient (Wildman–Crippen LogP) is 4.55. The van der Waals surface area contributed by atoms with Crippen molar-refractivity contribution < 1.29 is 13.2 Å². The Morgan fingerprint density at radius 3 is 2.00 bits per heavy atom. The minimum atomic E-state index is -4.39. The second-order valence-corrected chi connectivity index (χ2v) is 8.57. The molecule has 0 radical (unpaired) electrons. The molecular weight excluding hydrogens is 285 g/mol. The molecule has 0 aliphatic heterocycles. The van der Waals surface area contributed by atoms with Crippen LogP contribution in [0.15, 0.2) is 6.20 Å². The Morgan fingerprint density at radius 1 is 1.10 bits per heavy atom. The molecule has 6 heteroatoms. The molecule has 1 saturated carbocycles. The second kappa shape index (κ2) is 4.44. The Kier molecular flexibility index (Phi) is 3.50. The van der Waals surface area contributed by atoms with Gasteiger partial charge in [0.2, 0.25) is 0 Å². The lowest BCUT2D eigenvalue weighted by Gasteiger charge is -2.50. The van der Waals surface area contributed by atoms with Crippen LogP contribution in [-0.2, 0) is 11.7 Å². The molecule has 0 amide bonds. The van der Waals surface area contributed by atoms with Crippen LogP contribution in [0.1, 0.15) is 56.8 Å². The van der Waals surface area contributed by atoms with Crippen molar-refractivity contribution in [3.8, 4) is 0 Å². The van der Waals surface area contributed by atoms with E-state index in [1.54, 1.807) is 0 Å². The van der Waals surface area contributed by atoms with Crippen molar-refractivity contribution in [2.75, 3.05) is 0 Å². The zero-order valence-corrected chi connectivity index (χ0v) is 13.1. The van der Waals surface area contributed by atoms with E-state index in [4.69, 9.17) is 5.73 Å². The van der Waals surface area contributed by atoms with Gasteiger partial charge in [-0.15, -0.1) is 11.3 Å². The number of nitrogens with zero attached hydrogens (tertiary/aromatic N) is 1. The zero-order chi connectivity index (χ0) is 15.4. The highest BCUT2D eigenvalue weighted by atomic mass is 32.1. The van der Waals surface area contributed by atoms with Crippen LogP contribution in [0.25, 0.3) is 0 Å². The normalized spacial score (nSPS) is 24.6. The first-order valence-corrected chi connectivity index (χ1v) is 7.47. The first-order valence-electron chi connectivity index (χ1n) is 6.66. The molecule has 0 unspecified atom stereocenters. The van der Waals surface area contributed by atoms with Crippen molar-refractivity contribution in [2.45, 2.75) is 58.7 Å². The third kappa shape index (κ3) is 3.17. The van der Waals surface area contributed by atoms with Crippen molar-refractivity contribution in [1.82, 2.24) is 4.98 Å². The number of aromatic nitrogens is 1. The largest absolute Gasteiger partial charge is 0.443 e. The summed E-state index contributed by atoms with van der Waals surface area (Å²) in [5.41, 5.74) is 5.80. The average molecular weight is 306 g/mol. The van der Waals surface area contributed by atoms with Crippen molar-refractivity contribution in [1.29, 1.82) is 0 Å². The van der Waals surface area contributed by atoms with Gasteiger partial charge in [-0.2, -0.15) is 13.2 Å². The van der Waals surface area contributed by atoms with Gasteiger partial charge >= 0.3 is 6.18 Å². The minimum Gasteiger partial charge on any atom is -0.321 e. The molecule has 1 aromatic rings. The lowest BCUT2D eigenvalue weighted by Crippen LogP contribution is -2.49. The molecule has 0 saturated heterocycles. The molecule has 1 aromatic heterocycles. The maximum Gasteiger partial charge on any atom is 0.443 e. The molecule has 2 nitrogen and oxygen atoms in total. The van der Waals surface area contributed by atoms with Crippen LogP contribution in [0.5, 0.6) is 0 Å². The lowest BCUT2D eigenvalue weighted by atomic mass is 9.58. The SMILES string of the molecule is CC1(C)CC(C)(C)CC(N)(c2cnc(C(F)(F)F)s2)C1. The minimum absolute atomic E-state index is 0.0128. The van der Waals surface area contributed by atoms with Gasteiger partial charge in [0.25, 0.3) is 0 Å². The highest BCUT2D eigenvalue weighted by molar-refractivity contribution is 7.11. The molecule has 1 fully saturated rings. The Bertz CT molecular complexity index is 487. The fraction of sp³-hybridized carbons (Fsp3) is 0.786. The van der Waals surface area contributed by atoms with E-state index in [1.165, 1.54) is 6.20 Å². The molecule has 114 valence electrons. The van der Waals surface area contributed by atoms with Gasteiger partial charge < -0.3 is 5.73 Å². The molecule has 1 aliphatic carbocycles. The number of hydrogen-bond donors (Lipinski definition) is 1. The first-order chi connectivity index (χ1) is 8.83. The molecule has 1 aliphatic rings. The van der Waals surface area contributed by atoms with Crippen LogP contribution >= 0.6 is 11.3 Å². The summed E-state index contributed by atoms with van der Waals surface area (Å²) >= 11 is 0.686. The third-order valence-corrected chi connectivity index (χ3v) is 5.05. The van der Waals surface area contributed by atoms with Crippen LogP contribution in [0.2, 0.25) is 0 Å². The Hall–Kier alpha value is -0.620. The molecule has 0 atom stereocenters. The van der Waals surface area contributed by atoms with Crippen molar-refractivity contribution in [2.24, 2.45) is 16.6 Å². The van der Waals surface area contributed by atoms with Crippen molar-refractivity contribution in [3.05, 3.63) is 16.1 Å². The smallest absolute Gasteiger partial charge is 0.321 e. The third-order valence-electron chi connectivity index (χ3n) is 3.78. The van der Waals surface area contributed by atoms with E-state index < -0.39 is 16.7 Å². The van der Waals surface area contributed by atoms with Gasteiger partial charge in [0.05, 0.1) is 5.54 Å². The summed E-state index contributed by atoms with van der Waals surface area (Å²) in [6.45, 7) is 8.50. The maximum atomic E-state index is 12.7. The summed E-state index contributed by atoms with van der Waals surface area (Å²) in [6, 6.07) is 0. The zero-order valence-electron chi connectivity index (χ0n) is 12.3. The molecule has 0 aromatic carbocycles. The van der Waals surface area contributed by atoms with E-state index in [9.17, 15) is 13.2 Å². The molecule has 2 rings (SSSR count). The van der Waals surface area contributed by atoms with Gasteiger partial charge in [-0.25, -0.2) is 4.98 Å². The Morgan fingerprint density at radius 2 is 1.60 bits per heavy atom. The Balaban J connectivity index is 2.37. The molecule has 2 N–H and O–H groups in total. The van der Waals surface area contributed by atoms with Crippen LogP contribution in [0.4, 0.5) is 13.2 Å². The average Bonchev–Trinajstić information content (AvgIpc) is 2.58. The Labute approximate surface area is 121 Å². The van der Waals surface area contributed by atoms with Gasteiger partial charge in [0.15, 0.2) is 5.01 Å². The number of thiazole rings is 1. The van der Waals surface area contributed by atoms with E-state index in [-0.39, 0.29) is 10.8 Å². The molecule has 0 bridgehead atoms. The van der Waals surface area contributed by atoms with Gasteiger partial charge in [0, 0.05) is 11.1 Å². The van der Waals surface area contributed by atoms with Gasteiger partial charge in [0.1, 0.15) is 0 Å². The summed E-state index contributed by atoms with van der Waals surface area (Å²) < 4.78 is 38.1. The highest BCUT2D eigenvalue weighted by Crippen LogP contribution is 2.53. The summed E-state index contributed by atoms with van der Waals surface area (Å²) in [7, 11) is 0. The van der Waals surface area contributed by atoms with E-state index in [1.807, 2.05) is 0 Å². The second-order valence-electron chi connectivity index (χ2n) is 7.54. The topological polar surface area (TPSA) is 38.9 Å². The monoisotopic (exact) mass is 306 g/mol. The number of halogens is 3. The predicted molar refractivity (Wildman–Crippen MR) is 74.4 cm³/mol. The fourth-order valence-corrected chi connectivity index (χ4v) is 4.88. The molecule has 20 heavy (non-hydrogen) atoms. The summed E-state index contributed by atoms with van der Waals surface area (Å²) in [6.07, 6.45) is -0.695. The molecule has 0 spiro atoms. The standard InChI is InChI=1S/C14H21F3N2S/c1-11(2)6-12(3,4)8-13(18,7-11)9-5-19-10(20-9)14(15,16)17/h5H,6-8,18H2,1-4H3. The summed E-state index contributed by atoms with van der Waals surface area (Å²) in [5.74, 6) is 0. The van der Waals surface area contributed by atoms with E-state index in [0.29, 0.717) is 29.1 Å². The van der Waals surface area contributed by atoms with Crippen LogP contribution in [0, 0.1) is 10.8 Å².